The van der Waals surface area contributed by atoms with Crippen LogP contribution in [0.4, 0.5) is 4.79 Å². The second-order valence-electron chi connectivity index (χ2n) is 18.8. The summed E-state index contributed by atoms with van der Waals surface area (Å²) < 4.78 is 63.3. The zero-order valence-corrected chi connectivity index (χ0v) is 44.1. The van der Waals surface area contributed by atoms with Gasteiger partial charge in [-0.05, 0) is 78.7 Å². The van der Waals surface area contributed by atoms with Gasteiger partial charge in [-0.2, -0.15) is 0 Å². The normalized spacial score (nSPS) is 22.4. The number of ether oxygens (including phenoxy) is 10. The van der Waals surface area contributed by atoms with Crippen LogP contribution in [0, 0.1) is 0 Å². The maximum atomic E-state index is 14.4. The van der Waals surface area contributed by atoms with E-state index in [0.717, 1.165) is 0 Å². The molecule has 0 aliphatic carbocycles. The molecule has 9 rings (SSSR count). The molecular weight excluding hydrogens is 1040 g/mol. The number of carbonyl (C=O) groups is 6. The molecule has 1 amide bonds. The summed E-state index contributed by atoms with van der Waals surface area (Å²) in [5, 5.41) is 5.99. The topological polar surface area (TPSA) is 219 Å². The summed E-state index contributed by atoms with van der Waals surface area (Å²) in [6.45, 7) is 0.762. The number of benzene rings is 7. The van der Waals surface area contributed by atoms with Crippen molar-refractivity contribution in [3.8, 4) is 0 Å². The van der Waals surface area contributed by atoms with Crippen molar-refractivity contribution in [3.05, 3.63) is 251 Å². The lowest BCUT2D eigenvalue weighted by Crippen LogP contribution is -2.69. The first-order valence-electron chi connectivity index (χ1n) is 26.0. The second kappa shape index (κ2) is 27.2. The molecule has 0 spiro atoms. The molecule has 2 aliphatic heterocycles. The third-order valence-electron chi connectivity index (χ3n) is 13.3. The molecule has 0 aromatic heterocycles. The van der Waals surface area contributed by atoms with Gasteiger partial charge in [0.2, 0.25) is 6.10 Å². The highest BCUT2D eigenvalue weighted by molar-refractivity contribution is 5.92. The van der Waals surface area contributed by atoms with Crippen molar-refractivity contribution in [1.29, 1.82) is 0 Å². The molecule has 7 aromatic carbocycles. The Morgan fingerprint density at radius 1 is 0.494 bits per heavy atom. The van der Waals surface area contributed by atoms with E-state index in [1.165, 1.54) is 62.6 Å². The lowest BCUT2D eigenvalue weighted by Gasteiger charge is -2.46. The number of methoxy groups -OCH3 is 1. The Morgan fingerprint density at radius 2 is 0.889 bits per heavy atom. The molecule has 416 valence electrons. The first-order chi connectivity index (χ1) is 39.5. The SMILES string of the molecule is CO[C@]1(NC[C@H]2O[C@H](OCc3ccccc3)[C@H](NC(=O)OCc3ccccc3)[C@@H](OC(=O)c3ccccc3)[C@@H]2OC(=O)c2ccccc2)O[C@H]([C@@H](C)OC(=O)c2ccccc2)[C@H](OC(=O)c2ccccc2)[C@H]1OC(=O)c1ccccc1. The van der Waals surface area contributed by atoms with Gasteiger partial charge in [0.25, 0.3) is 5.91 Å². The van der Waals surface area contributed by atoms with Gasteiger partial charge in [0, 0.05) is 13.7 Å². The summed E-state index contributed by atoms with van der Waals surface area (Å²) in [4.78, 5) is 85.1. The predicted octanol–water partition coefficient (Wildman–Crippen LogP) is 8.66. The summed E-state index contributed by atoms with van der Waals surface area (Å²) in [6.07, 6.45) is -13.2. The van der Waals surface area contributed by atoms with E-state index in [1.807, 2.05) is 24.3 Å². The number of esters is 5. The van der Waals surface area contributed by atoms with Gasteiger partial charge in [0.05, 0.1) is 34.4 Å². The molecule has 0 saturated carbocycles. The third-order valence-corrected chi connectivity index (χ3v) is 13.3. The predicted molar refractivity (Wildman–Crippen MR) is 290 cm³/mol. The Bertz CT molecular complexity index is 3180. The molecule has 2 saturated heterocycles. The first kappa shape index (κ1) is 56.7. The Labute approximate surface area is 467 Å². The van der Waals surface area contributed by atoms with Gasteiger partial charge in [0.1, 0.15) is 31.0 Å². The van der Waals surface area contributed by atoms with Crippen LogP contribution < -0.4 is 10.6 Å². The molecule has 10 atom stereocenters. The van der Waals surface area contributed by atoms with Gasteiger partial charge in [-0.1, -0.05) is 152 Å². The molecule has 2 heterocycles. The largest absolute Gasteiger partial charge is 0.456 e. The lowest BCUT2D eigenvalue weighted by molar-refractivity contribution is -0.288. The molecule has 2 aliphatic rings. The maximum absolute atomic E-state index is 14.4. The van der Waals surface area contributed by atoms with E-state index < -0.39 is 103 Å². The van der Waals surface area contributed by atoms with Crippen LogP contribution in [0.5, 0.6) is 0 Å². The van der Waals surface area contributed by atoms with Gasteiger partial charge >= 0.3 is 35.9 Å². The summed E-state index contributed by atoms with van der Waals surface area (Å²) in [5.74, 6) is -6.57. The quantitative estimate of drug-likeness (QED) is 0.0391. The van der Waals surface area contributed by atoms with Crippen LogP contribution >= 0.6 is 0 Å². The van der Waals surface area contributed by atoms with E-state index >= 15 is 0 Å². The minimum atomic E-state index is -2.34. The van der Waals surface area contributed by atoms with Crippen LogP contribution in [0.15, 0.2) is 212 Å². The Morgan fingerprint density at radius 3 is 1.35 bits per heavy atom. The highest BCUT2D eigenvalue weighted by Crippen LogP contribution is 2.39. The van der Waals surface area contributed by atoms with Crippen LogP contribution in [-0.2, 0) is 60.6 Å². The minimum Gasteiger partial charge on any atom is -0.456 e. The van der Waals surface area contributed by atoms with Crippen LogP contribution in [0.1, 0.15) is 69.8 Å². The lowest BCUT2D eigenvalue weighted by atomic mass is 9.95. The fourth-order valence-electron chi connectivity index (χ4n) is 9.22. The zero-order chi connectivity index (χ0) is 56.6. The number of alkyl carbamates (subject to hydrolysis) is 1. The number of rotatable bonds is 21. The van der Waals surface area contributed by atoms with Gasteiger partial charge in [-0.3, -0.25) is 5.32 Å². The Hall–Kier alpha value is -9.04. The smallest absolute Gasteiger partial charge is 0.407 e. The third kappa shape index (κ3) is 14.4. The molecule has 0 radical (unpaired) electrons. The number of nitrogens with one attached hydrogen (secondary N) is 2. The highest BCUT2D eigenvalue weighted by Gasteiger charge is 2.63. The molecule has 18 heteroatoms. The molecule has 0 unspecified atom stereocenters. The first-order valence-corrected chi connectivity index (χ1v) is 26.0. The van der Waals surface area contributed by atoms with Crippen LogP contribution in [0.3, 0.4) is 0 Å². The molecule has 81 heavy (non-hydrogen) atoms. The number of amides is 1. The van der Waals surface area contributed by atoms with Gasteiger partial charge in [-0.15, -0.1) is 0 Å². The Balaban J connectivity index is 1.13. The molecule has 2 fully saturated rings. The van der Waals surface area contributed by atoms with Crippen molar-refractivity contribution < 1.29 is 76.1 Å². The number of hydrogen-bond acceptors (Lipinski definition) is 17. The van der Waals surface area contributed by atoms with Gasteiger partial charge in [0.15, 0.2) is 24.6 Å². The van der Waals surface area contributed by atoms with Gasteiger partial charge in [-0.25, -0.2) is 28.8 Å². The van der Waals surface area contributed by atoms with Crippen molar-refractivity contribution in [1.82, 2.24) is 10.6 Å². The average Bonchev–Trinajstić information content (AvgIpc) is 3.95. The standard InChI is InChI=1S/C63H58N2O16/c1-41(75-56(66)44-28-14-5-15-29-44)51-54(79-59(69)47-34-20-8-21-35-47)55(80-60(70)48-36-22-9-23-37-48)63(72-2,81-51)64-38-49-52(77-57(67)45-30-16-6-17-31-45)53(78-58(68)46-32-18-7-19-33-46)50(61(76-49)73-39-42-24-10-3-11-25-42)65-62(71)74-40-43-26-12-4-13-27-43/h3-37,41,49-55,61,64H,38-40H2,1-2H3,(H,65,71)/t41-,49-,50-,51-,52-,53-,54+,55-,61+,63+/m1/s1. The van der Waals surface area contributed by atoms with E-state index in [2.05, 4.69) is 10.6 Å². The fraction of sp³-hybridized carbons (Fsp3) is 0.238. The molecule has 0 bridgehead atoms. The van der Waals surface area contributed by atoms with E-state index in [0.29, 0.717) is 11.1 Å². The zero-order valence-electron chi connectivity index (χ0n) is 44.1. The molecule has 2 N–H and O–H groups in total. The minimum absolute atomic E-state index is 0.102. The van der Waals surface area contributed by atoms with Crippen molar-refractivity contribution in [3.63, 3.8) is 0 Å². The van der Waals surface area contributed by atoms with Crippen LogP contribution in [0.25, 0.3) is 0 Å². The van der Waals surface area contributed by atoms with Crippen LogP contribution in [0.2, 0.25) is 0 Å². The van der Waals surface area contributed by atoms with Crippen molar-refractivity contribution in [2.45, 2.75) is 81.1 Å². The molecule has 7 aromatic rings. The van der Waals surface area contributed by atoms with Crippen molar-refractivity contribution in [2.24, 2.45) is 0 Å². The van der Waals surface area contributed by atoms with E-state index in [4.69, 9.17) is 47.4 Å². The fourth-order valence-corrected chi connectivity index (χ4v) is 9.22. The monoisotopic (exact) mass is 1100 g/mol. The molecule has 18 nitrogen and oxygen atoms in total. The second-order valence-corrected chi connectivity index (χ2v) is 18.8. The average molecular weight is 1100 g/mol. The Kier molecular flexibility index (Phi) is 19.0. The van der Waals surface area contributed by atoms with E-state index in [-0.39, 0.29) is 41.0 Å². The van der Waals surface area contributed by atoms with Crippen molar-refractivity contribution in [2.75, 3.05) is 13.7 Å². The summed E-state index contributed by atoms with van der Waals surface area (Å²) in [7, 11) is 1.24. The van der Waals surface area contributed by atoms with E-state index in [1.54, 1.807) is 140 Å². The highest BCUT2D eigenvalue weighted by atomic mass is 16.8. The maximum Gasteiger partial charge on any atom is 0.407 e. The summed E-state index contributed by atoms with van der Waals surface area (Å²) in [5.41, 5.74) is 2.03. The summed E-state index contributed by atoms with van der Waals surface area (Å²) >= 11 is 0. The van der Waals surface area contributed by atoms with E-state index in [9.17, 15) is 28.8 Å². The number of carbonyl (C=O) groups excluding carboxylic acids is 6. The molecular formula is C63H58N2O16. The van der Waals surface area contributed by atoms with Crippen molar-refractivity contribution >= 4 is 35.9 Å². The summed E-state index contributed by atoms with van der Waals surface area (Å²) in [6, 6.07) is 56.8. The van der Waals surface area contributed by atoms with Crippen LogP contribution in [-0.4, -0.2) is 111 Å². The van der Waals surface area contributed by atoms with Gasteiger partial charge < -0.3 is 52.7 Å². The number of hydrogen-bond donors (Lipinski definition) is 2.